The van der Waals surface area contributed by atoms with Gasteiger partial charge in [-0.05, 0) is 78.6 Å². The minimum absolute atomic E-state index is 0.0103. The number of nitrogens with two attached hydrogens (primary N) is 2. The molecule has 0 aliphatic rings. The first kappa shape index (κ1) is 60.8. The number of carboxylic acids is 2. The lowest BCUT2D eigenvalue weighted by molar-refractivity contribution is -0.150. The van der Waals surface area contributed by atoms with Crippen molar-refractivity contribution in [1.82, 2.24) is 21.3 Å². The van der Waals surface area contributed by atoms with Gasteiger partial charge < -0.3 is 52.4 Å². The van der Waals surface area contributed by atoms with E-state index in [0.717, 1.165) is 31.6 Å². The lowest BCUT2D eigenvalue weighted by Crippen LogP contribution is -2.51. The number of primary amides is 1. The molecule has 0 spiro atoms. The van der Waals surface area contributed by atoms with Gasteiger partial charge in [0.05, 0.1) is 42.9 Å². The van der Waals surface area contributed by atoms with E-state index in [9.17, 15) is 33.6 Å². The molecule has 0 unspecified atom stereocenters. The monoisotopic (exact) mass is 870 g/mol. The summed E-state index contributed by atoms with van der Waals surface area (Å²) in [5.74, 6) is -3.13. The summed E-state index contributed by atoms with van der Waals surface area (Å²) in [6.07, 6.45) is 2.72. The van der Waals surface area contributed by atoms with E-state index in [0.29, 0.717) is 38.3 Å². The van der Waals surface area contributed by atoms with Crippen LogP contribution in [0.15, 0.2) is 24.3 Å². The number of anilines is 1. The van der Waals surface area contributed by atoms with Crippen LogP contribution in [0.25, 0.3) is 0 Å². The lowest BCUT2D eigenvalue weighted by atomic mass is 9.74. The molecular formula is C43H79N7O11. The largest absolute Gasteiger partial charge is 0.481 e. The second kappa shape index (κ2) is 32.3. The van der Waals surface area contributed by atoms with Crippen molar-refractivity contribution in [2.45, 2.75) is 120 Å². The van der Waals surface area contributed by atoms with E-state index in [2.05, 4.69) is 33.5 Å². The number of nitrogens with one attached hydrogen (secondary N) is 5. The molecule has 0 atom stereocenters. The third kappa shape index (κ3) is 29.4. The second-order valence-corrected chi connectivity index (χ2v) is 16.1. The molecule has 0 heterocycles. The molecule has 0 radical (unpaired) electrons. The fourth-order valence-corrected chi connectivity index (χ4v) is 5.04. The third-order valence-corrected chi connectivity index (χ3v) is 8.75. The van der Waals surface area contributed by atoms with Crippen molar-refractivity contribution in [2.75, 3.05) is 71.0 Å². The van der Waals surface area contributed by atoms with Crippen molar-refractivity contribution in [3.8, 4) is 0 Å². The Morgan fingerprint density at radius 2 is 1.25 bits per heavy atom. The van der Waals surface area contributed by atoms with Crippen LogP contribution in [0.1, 0.15) is 119 Å². The topological polar surface area (TPSA) is 291 Å². The Morgan fingerprint density at radius 1 is 0.689 bits per heavy atom. The highest BCUT2D eigenvalue weighted by Crippen LogP contribution is 2.34. The highest BCUT2D eigenvalue weighted by atomic mass is 16.5. The second-order valence-electron chi connectivity index (χ2n) is 16.1. The van der Waals surface area contributed by atoms with E-state index in [1.165, 1.54) is 13.8 Å². The van der Waals surface area contributed by atoms with Gasteiger partial charge in [-0.15, -0.1) is 0 Å². The average molecular weight is 870 g/mol. The van der Waals surface area contributed by atoms with Gasteiger partial charge in [0.1, 0.15) is 13.2 Å². The van der Waals surface area contributed by atoms with Crippen molar-refractivity contribution >= 4 is 46.9 Å². The van der Waals surface area contributed by atoms with Gasteiger partial charge >= 0.3 is 11.9 Å². The quantitative estimate of drug-likeness (QED) is 0.0547. The Balaban J connectivity index is -0.000000831. The van der Waals surface area contributed by atoms with Crippen LogP contribution >= 0.6 is 0 Å². The molecule has 18 nitrogen and oxygen atoms in total. The molecule has 1 rings (SSSR count). The van der Waals surface area contributed by atoms with Crippen LogP contribution in [0.3, 0.4) is 0 Å². The van der Waals surface area contributed by atoms with Gasteiger partial charge in [-0.2, -0.15) is 0 Å². The van der Waals surface area contributed by atoms with Crippen LogP contribution in [0, 0.1) is 10.8 Å². The highest BCUT2D eigenvalue weighted by Gasteiger charge is 2.39. The van der Waals surface area contributed by atoms with Crippen LogP contribution < -0.4 is 38.1 Å². The molecule has 0 saturated heterocycles. The Hall–Kier alpha value is -4.49. The molecule has 0 aliphatic carbocycles. The van der Waals surface area contributed by atoms with Crippen molar-refractivity contribution in [1.29, 1.82) is 0 Å². The highest BCUT2D eigenvalue weighted by molar-refractivity contribution is 5.94. The number of hydrogen-bond donors (Lipinski definition) is 9. The number of ketones is 2. The SMILES string of the molecule is CC.CC(C)(CC(C)(C)C(=O)NCC(=O)O)C(=O)O.CCC(=O)C(C)(C)NCCOCCOCC(=O)C(C)(C)NCC(N)=O.CCCCNC(=O)c1ccc(NCCN)cc1. The van der Waals surface area contributed by atoms with Crippen molar-refractivity contribution in [3.63, 3.8) is 0 Å². The number of hydrogen-bond acceptors (Lipinski definition) is 13. The zero-order valence-corrected chi connectivity index (χ0v) is 38.9. The number of rotatable bonds is 28. The molecule has 3 amide bonds. The van der Waals surface area contributed by atoms with Crippen LogP contribution in [0.4, 0.5) is 5.69 Å². The molecule has 1 aromatic rings. The minimum Gasteiger partial charge on any atom is -0.481 e. The van der Waals surface area contributed by atoms with Gasteiger partial charge in [-0.3, -0.25) is 38.9 Å². The van der Waals surface area contributed by atoms with Crippen LogP contribution in [-0.2, 0) is 38.2 Å². The summed E-state index contributed by atoms with van der Waals surface area (Å²) in [6, 6.07) is 7.43. The minimum atomic E-state index is -1.13. The number of ether oxygens (including phenoxy) is 2. The molecule has 61 heavy (non-hydrogen) atoms. The fourth-order valence-electron chi connectivity index (χ4n) is 5.04. The van der Waals surface area contributed by atoms with Gasteiger partial charge in [0.25, 0.3) is 5.91 Å². The number of unbranched alkanes of at least 4 members (excludes halogenated alkanes) is 1. The molecule has 0 aliphatic heterocycles. The standard InChI is InChI=1S/C17H33N3O5.C13H21N3O.C11H19NO5.C2H6/c1-6-13(21)16(2,3)19-7-8-24-9-10-25-12-14(22)17(4,5)20-11-15(18)23;1-2-3-9-16-13(17)11-4-6-12(7-5-11)15-10-8-14;1-10(2,6-11(3,4)9(16)17)8(15)12-5-7(13)14;1-2/h19-20H,6-12H2,1-5H3,(H2,18,23);4-7,15H,2-3,8-10,14H2,1H3,(H,16,17);5-6H2,1-4H3,(H,12,15)(H,13,14)(H,16,17);1-2H3. The van der Waals surface area contributed by atoms with E-state index in [1.807, 2.05) is 58.9 Å². The fraction of sp³-hybridized carbons (Fsp3) is 0.698. The summed E-state index contributed by atoms with van der Waals surface area (Å²) >= 11 is 0. The third-order valence-electron chi connectivity index (χ3n) is 8.75. The maximum atomic E-state index is 12.0. The van der Waals surface area contributed by atoms with Crippen LogP contribution in [0.2, 0.25) is 0 Å². The zero-order valence-electron chi connectivity index (χ0n) is 38.9. The van der Waals surface area contributed by atoms with Gasteiger partial charge in [0, 0.05) is 49.3 Å². The van der Waals surface area contributed by atoms with Crippen LogP contribution in [-0.4, -0.2) is 128 Å². The average Bonchev–Trinajstić information content (AvgIpc) is 3.19. The maximum Gasteiger partial charge on any atom is 0.322 e. The number of aliphatic carboxylic acids is 2. The number of amides is 3. The van der Waals surface area contributed by atoms with E-state index in [-0.39, 0.29) is 43.7 Å². The molecule has 18 heteroatoms. The number of carbonyl (C=O) groups is 7. The first-order chi connectivity index (χ1) is 28.3. The van der Waals surface area contributed by atoms with Gasteiger partial charge in [0.15, 0.2) is 11.6 Å². The molecule has 352 valence electrons. The van der Waals surface area contributed by atoms with E-state index >= 15 is 0 Å². The summed E-state index contributed by atoms with van der Waals surface area (Å²) in [5, 5.41) is 31.6. The van der Waals surface area contributed by atoms with Crippen molar-refractivity contribution in [3.05, 3.63) is 29.8 Å². The molecular weight excluding hydrogens is 791 g/mol. The Morgan fingerprint density at radius 3 is 1.74 bits per heavy atom. The number of Topliss-reactive ketones (excluding diaryl/α,β-unsaturated/α-hetero) is 2. The van der Waals surface area contributed by atoms with Gasteiger partial charge in [0.2, 0.25) is 11.8 Å². The summed E-state index contributed by atoms with van der Waals surface area (Å²) in [4.78, 5) is 79.1. The first-order valence-electron chi connectivity index (χ1n) is 20.9. The van der Waals surface area contributed by atoms with Crippen molar-refractivity contribution in [2.24, 2.45) is 22.3 Å². The van der Waals surface area contributed by atoms with Crippen LogP contribution in [0.5, 0.6) is 0 Å². The maximum absolute atomic E-state index is 12.0. The van der Waals surface area contributed by atoms with Crippen molar-refractivity contribution < 1.29 is 53.2 Å². The molecule has 0 saturated carbocycles. The number of carbonyl (C=O) groups excluding carboxylic acids is 5. The molecule has 11 N–H and O–H groups in total. The summed E-state index contributed by atoms with van der Waals surface area (Å²) in [6.45, 7) is 24.3. The summed E-state index contributed by atoms with van der Waals surface area (Å²) in [7, 11) is 0. The smallest absolute Gasteiger partial charge is 0.322 e. The normalized spacial score (nSPS) is 11.2. The predicted octanol–water partition coefficient (Wildman–Crippen LogP) is 3.12. The summed E-state index contributed by atoms with van der Waals surface area (Å²) in [5.41, 5.74) is 8.72. The Bertz CT molecular complexity index is 1460. The lowest BCUT2D eigenvalue weighted by Gasteiger charge is -2.30. The summed E-state index contributed by atoms with van der Waals surface area (Å²) < 4.78 is 10.7. The van der Waals surface area contributed by atoms with E-state index in [4.69, 9.17) is 31.2 Å². The molecule has 1 aromatic carbocycles. The zero-order chi connectivity index (χ0) is 47.9. The van der Waals surface area contributed by atoms with Gasteiger partial charge in [-0.25, -0.2) is 0 Å². The Kier molecular flexibility index (Phi) is 32.2. The first-order valence-corrected chi connectivity index (χ1v) is 20.9. The van der Waals surface area contributed by atoms with E-state index < -0.39 is 52.2 Å². The van der Waals surface area contributed by atoms with Gasteiger partial charge in [-0.1, -0.05) is 48.0 Å². The Labute approximate surface area is 363 Å². The number of benzene rings is 1. The molecule has 0 aromatic heterocycles. The number of carboxylic acid groups (broad SMARTS) is 2. The predicted molar refractivity (Wildman–Crippen MR) is 238 cm³/mol. The molecule has 0 fully saturated rings. The molecule has 0 bridgehead atoms. The van der Waals surface area contributed by atoms with E-state index in [1.54, 1.807) is 27.7 Å².